The van der Waals surface area contributed by atoms with Crippen molar-refractivity contribution in [3.05, 3.63) is 70.8 Å². The zero-order chi connectivity index (χ0) is 22.1. The average molecular weight is 426 g/mol. The van der Waals surface area contributed by atoms with Gasteiger partial charge in [0.25, 0.3) is 5.91 Å². The van der Waals surface area contributed by atoms with E-state index in [2.05, 4.69) is 15.7 Å². The van der Waals surface area contributed by atoms with Gasteiger partial charge in [0.1, 0.15) is 11.3 Å². The number of aromatic nitrogens is 2. The fraction of sp³-hybridized carbons (Fsp3) is 0.364. The Hall–Kier alpha value is -3.49. The summed E-state index contributed by atoms with van der Waals surface area (Å²) in [5.41, 5.74) is 15.7. The summed E-state index contributed by atoms with van der Waals surface area (Å²) >= 11 is 0. The first kappa shape index (κ1) is 20.8. The third-order valence-corrected chi connectivity index (χ3v) is 5.79. The normalized spacial score (nSPS) is 20.4. The molecule has 164 valence electrons. The van der Waals surface area contributed by atoms with Gasteiger partial charge in [0.15, 0.2) is 0 Å². The molecule has 31 heavy (non-hydrogen) atoms. The number of nitrogens with one attached hydrogen (secondary N) is 2. The number of hydrogen-bond acceptors (Lipinski definition) is 6. The van der Waals surface area contributed by atoms with Crippen molar-refractivity contribution in [1.29, 1.82) is 0 Å². The van der Waals surface area contributed by atoms with E-state index in [0.29, 0.717) is 23.6 Å². The van der Waals surface area contributed by atoms with E-state index in [0.717, 1.165) is 30.5 Å². The van der Waals surface area contributed by atoms with Gasteiger partial charge >= 0.3 is 0 Å². The summed E-state index contributed by atoms with van der Waals surface area (Å²) in [6.45, 7) is 2.66. The molecule has 1 aliphatic carbocycles. The second kappa shape index (κ2) is 8.33. The van der Waals surface area contributed by atoms with E-state index in [-0.39, 0.29) is 29.5 Å². The van der Waals surface area contributed by atoms with Crippen molar-refractivity contribution in [2.24, 2.45) is 11.5 Å². The van der Waals surface area contributed by atoms with Gasteiger partial charge < -0.3 is 27.0 Å². The lowest BCUT2D eigenvalue weighted by molar-refractivity contribution is -0.117. The van der Waals surface area contributed by atoms with Crippen LogP contribution in [0.4, 0.5) is 4.39 Å². The summed E-state index contributed by atoms with van der Waals surface area (Å²) in [7, 11) is 1.88. The van der Waals surface area contributed by atoms with E-state index in [1.165, 1.54) is 16.7 Å². The Morgan fingerprint density at radius 2 is 2.10 bits per heavy atom. The first-order valence-corrected chi connectivity index (χ1v) is 10.4. The van der Waals surface area contributed by atoms with Crippen LogP contribution in [0.15, 0.2) is 59.3 Å². The zero-order valence-corrected chi connectivity index (χ0v) is 17.7. The van der Waals surface area contributed by atoms with E-state index in [1.807, 2.05) is 18.9 Å². The van der Waals surface area contributed by atoms with Crippen molar-refractivity contribution < 1.29 is 9.18 Å². The van der Waals surface area contributed by atoms with Gasteiger partial charge in [-0.1, -0.05) is 0 Å². The molecular formula is C22H28FN7O. The maximum atomic E-state index is 14.2. The Morgan fingerprint density at radius 3 is 2.77 bits per heavy atom. The highest BCUT2D eigenvalue weighted by molar-refractivity contribution is 5.93. The van der Waals surface area contributed by atoms with Crippen LogP contribution in [-0.4, -0.2) is 40.1 Å². The SMILES string of the molecule is CNC1=C(C)C(c2cc3c(F)cccn3n2)N(/C(N)=C/C=C(\N)C(=O)NC2CC2)CC1. The van der Waals surface area contributed by atoms with Crippen molar-refractivity contribution in [3.63, 3.8) is 0 Å². The predicted molar refractivity (Wildman–Crippen MR) is 117 cm³/mol. The van der Waals surface area contributed by atoms with Crippen LogP contribution in [0.5, 0.6) is 0 Å². The number of pyridine rings is 1. The molecule has 0 aromatic carbocycles. The minimum atomic E-state index is -0.333. The van der Waals surface area contributed by atoms with E-state index in [1.54, 1.807) is 24.4 Å². The van der Waals surface area contributed by atoms with Crippen LogP contribution < -0.4 is 22.1 Å². The summed E-state index contributed by atoms with van der Waals surface area (Å²) in [5, 5.41) is 10.7. The molecule has 8 nitrogen and oxygen atoms in total. The first-order valence-electron chi connectivity index (χ1n) is 10.4. The fourth-order valence-electron chi connectivity index (χ4n) is 3.92. The highest BCUT2D eigenvalue weighted by Crippen LogP contribution is 2.36. The number of hydrogen-bond donors (Lipinski definition) is 4. The third-order valence-electron chi connectivity index (χ3n) is 5.79. The second-order valence-corrected chi connectivity index (χ2v) is 7.97. The molecule has 1 saturated carbocycles. The van der Waals surface area contributed by atoms with E-state index >= 15 is 0 Å². The second-order valence-electron chi connectivity index (χ2n) is 7.97. The fourth-order valence-corrected chi connectivity index (χ4v) is 3.92. The molecule has 1 unspecified atom stereocenters. The molecule has 4 rings (SSSR count). The van der Waals surface area contributed by atoms with Crippen molar-refractivity contribution in [3.8, 4) is 0 Å². The smallest absolute Gasteiger partial charge is 0.267 e. The number of amides is 1. The molecule has 0 radical (unpaired) electrons. The molecule has 0 bridgehead atoms. The van der Waals surface area contributed by atoms with Crippen LogP contribution in [0.2, 0.25) is 0 Å². The molecule has 2 aromatic heterocycles. The summed E-state index contributed by atoms with van der Waals surface area (Å²) in [4.78, 5) is 14.1. The number of nitrogens with two attached hydrogens (primary N) is 2. The van der Waals surface area contributed by atoms with Gasteiger partial charge in [-0.3, -0.25) is 4.79 Å². The molecule has 9 heteroatoms. The summed E-state index contributed by atoms with van der Waals surface area (Å²) < 4.78 is 15.8. The number of allylic oxidation sites excluding steroid dienone is 2. The van der Waals surface area contributed by atoms with Crippen LogP contribution in [0.25, 0.3) is 5.52 Å². The number of carbonyl (C=O) groups is 1. The highest BCUT2D eigenvalue weighted by atomic mass is 19.1. The van der Waals surface area contributed by atoms with Crippen LogP contribution in [0.3, 0.4) is 0 Å². The minimum Gasteiger partial charge on any atom is -0.394 e. The Labute approximate surface area is 180 Å². The lowest BCUT2D eigenvalue weighted by Crippen LogP contribution is -2.39. The standard InChI is InChI=1S/C22H28FN7O/c1-13-17(26-2)9-11-29(20(25)8-7-16(24)22(31)27-14-5-6-14)21(13)18-12-19-15(23)4-3-10-30(19)28-18/h3-4,7-8,10,12,14,21,26H,5-6,9,11,24-25H2,1-2H3,(H,27,31)/b16-7-,20-8+. The average Bonchev–Trinajstić information content (AvgIpc) is 3.46. The van der Waals surface area contributed by atoms with Gasteiger partial charge in [-0.15, -0.1) is 0 Å². The zero-order valence-electron chi connectivity index (χ0n) is 17.7. The molecule has 1 fully saturated rings. The number of halogens is 1. The van der Waals surface area contributed by atoms with Crippen LogP contribution in [0.1, 0.15) is 37.9 Å². The molecule has 0 saturated heterocycles. The summed E-state index contributed by atoms with van der Waals surface area (Å²) in [5.74, 6) is -0.162. The maximum Gasteiger partial charge on any atom is 0.267 e. The Bertz CT molecular complexity index is 1100. The molecule has 1 aliphatic heterocycles. The molecule has 6 N–H and O–H groups in total. The van der Waals surface area contributed by atoms with Crippen LogP contribution >= 0.6 is 0 Å². The van der Waals surface area contributed by atoms with Gasteiger partial charge in [0.05, 0.1) is 23.3 Å². The topological polar surface area (TPSA) is 114 Å². The molecule has 1 amide bonds. The van der Waals surface area contributed by atoms with Crippen molar-refractivity contribution >= 4 is 11.4 Å². The quantitative estimate of drug-likeness (QED) is 0.413. The molecular weight excluding hydrogens is 397 g/mol. The monoisotopic (exact) mass is 425 g/mol. The lowest BCUT2D eigenvalue weighted by Gasteiger charge is -2.38. The molecule has 2 aliphatic rings. The third kappa shape index (κ3) is 4.21. The summed E-state index contributed by atoms with van der Waals surface area (Å²) in [6, 6.07) is 4.73. The molecule has 0 spiro atoms. The first-order chi connectivity index (χ1) is 14.9. The number of carbonyl (C=O) groups excluding carboxylic acids is 1. The molecule has 2 aromatic rings. The van der Waals surface area contributed by atoms with Gasteiger partial charge in [-0.25, -0.2) is 8.91 Å². The van der Waals surface area contributed by atoms with Gasteiger partial charge in [-0.05, 0) is 55.7 Å². The Morgan fingerprint density at radius 1 is 1.32 bits per heavy atom. The highest BCUT2D eigenvalue weighted by Gasteiger charge is 2.31. The lowest BCUT2D eigenvalue weighted by atomic mass is 9.95. The Balaban J connectivity index is 1.66. The minimum absolute atomic E-state index is 0.112. The van der Waals surface area contributed by atoms with Crippen molar-refractivity contribution in [2.75, 3.05) is 13.6 Å². The van der Waals surface area contributed by atoms with E-state index in [4.69, 9.17) is 11.5 Å². The number of fused-ring (bicyclic) bond motifs is 1. The van der Waals surface area contributed by atoms with Gasteiger partial charge in [0.2, 0.25) is 0 Å². The van der Waals surface area contributed by atoms with E-state index < -0.39 is 0 Å². The van der Waals surface area contributed by atoms with Crippen LogP contribution in [0, 0.1) is 5.82 Å². The number of nitrogens with zero attached hydrogens (tertiary/aromatic N) is 3. The van der Waals surface area contributed by atoms with E-state index in [9.17, 15) is 9.18 Å². The van der Waals surface area contributed by atoms with Crippen molar-refractivity contribution in [1.82, 2.24) is 25.1 Å². The van der Waals surface area contributed by atoms with Gasteiger partial charge in [0, 0.05) is 37.9 Å². The molecule has 3 heterocycles. The maximum absolute atomic E-state index is 14.2. The number of rotatable bonds is 6. The van der Waals surface area contributed by atoms with Crippen molar-refractivity contribution in [2.45, 2.75) is 38.3 Å². The van der Waals surface area contributed by atoms with Gasteiger partial charge in [-0.2, -0.15) is 5.10 Å². The Kier molecular flexibility index (Phi) is 5.58. The van der Waals surface area contributed by atoms with Crippen LogP contribution in [-0.2, 0) is 4.79 Å². The summed E-state index contributed by atoms with van der Waals surface area (Å²) in [6.07, 6.45) is 7.64. The molecule has 1 atom stereocenters. The predicted octanol–water partition coefficient (Wildman–Crippen LogP) is 1.63. The largest absolute Gasteiger partial charge is 0.394 e.